The maximum Gasteiger partial charge on any atom is 0.242 e. The van der Waals surface area contributed by atoms with Crippen LogP contribution < -0.4 is 0 Å². The number of carbonyl (C=O) groups excluding carboxylic acids is 1. The third kappa shape index (κ3) is 3.59. The van der Waals surface area contributed by atoms with Gasteiger partial charge in [-0.15, -0.1) is 11.3 Å². The maximum absolute atomic E-state index is 12.4. The first-order valence-electron chi connectivity index (χ1n) is 7.73. The number of fused-ring (bicyclic) bond motifs is 1. The smallest absolute Gasteiger partial charge is 0.242 e. The Balaban J connectivity index is 1.83. The molecule has 0 saturated heterocycles. The molecule has 0 aliphatic carbocycles. The Morgan fingerprint density at radius 2 is 1.73 bits per heavy atom. The summed E-state index contributed by atoms with van der Waals surface area (Å²) in [5.74, 6) is -0.215. The molecule has 1 heterocycles. The number of carbonyl (C=O) groups is 1. The van der Waals surface area contributed by atoms with Gasteiger partial charge in [0.2, 0.25) is 10.0 Å². The van der Waals surface area contributed by atoms with E-state index in [2.05, 4.69) is 0 Å². The van der Waals surface area contributed by atoms with E-state index in [9.17, 15) is 13.2 Å². The lowest BCUT2D eigenvalue weighted by Crippen LogP contribution is -2.22. The Hall–Kier alpha value is -1.99. The molecule has 0 fully saturated rings. The van der Waals surface area contributed by atoms with Crippen LogP contribution >= 0.6 is 22.9 Å². The molecule has 134 valence electrons. The van der Waals surface area contributed by atoms with Gasteiger partial charge in [0.1, 0.15) is 0 Å². The largest absolute Gasteiger partial charge is 0.289 e. The Kier molecular flexibility index (Phi) is 5.29. The van der Waals surface area contributed by atoms with Gasteiger partial charge in [-0.1, -0.05) is 29.8 Å². The second-order valence-electron chi connectivity index (χ2n) is 5.79. The van der Waals surface area contributed by atoms with E-state index in [1.165, 1.54) is 55.8 Å². The predicted molar refractivity (Wildman–Crippen MR) is 108 cm³/mol. The summed E-state index contributed by atoms with van der Waals surface area (Å²) in [6.07, 6.45) is 3.14. The molecule has 0 aliphatic heterocycles. The van der Waals surface area contributed by atoms with Crippen molar-refractivity contribution in [3.63, 3.8) is 0 Å². The number of sulfonamides is 1. The normalized spacial score (nSPS) is 12.3. The highest BCUT2D eigenvalue weighted by atomic mass is 35.5. The van der Waals surface area contributed by atoms with Crippen LogP contribution in [0.4, 0.5) is 0 Å². The summed E-state index contributed by atoms with van der Waals surface area (Å²) in [5.41, 5.74) is 0.413. The molecular weight excluding hydrogens is 390 g/mol. The average Bonchev–Trinajstić information content (AvgIpc) is 2.96. The molecule has 1 aromatic heterocycles. The van der Waals surface area contributed by atoms with Crippen molar-refractivity contribution in [1.29, 1.82) is 0 Å². The van der Waals surface area contributed by atoms with Crippen LogP contribution in [0.3, 0.4) is 0 Å². The Labute approximate surface area is 161 Å². The SMILES string of the molecule is CN(C)S(=O)(=O)c1ccc(C(=O)/C=C/c2sc3ccccc3c2Cl)cc1. The first kappa shape index (κ1) is 18.8. The number of rotatable bonds is 5. The van der Waals surface area contributed by atoms with Crippen molar-refractivity contribution < 1.29 is 13.2 Å². The molecule has 0 atom stereocenters. The highest BCUT2D eigenvalue weighted by Gasteiger charge is 2.17. The Morgan fingerprint density at radius 1 is 1.08 bits per heavy atom. The van der Waals surface area contributed by atoms with Crippen LogP contribution in [0.5, 0.6) is 0 Å². The first-order valence-corrected chi connectivity index (χ1v) is 10.4. The summed E-state index contributed by atoms with van der Waals surface area (Å²) >= 11 is 7.88. The van der Waals surface area contributed by atoms with E-state index in [1.807, 2.05) is 24.3 Å². The first-order chi connectivity index (χ1) is 12.3. The third-order valence-corrected chi connectivity index (χ3v) is 7.35. The maximum atomic E-state index is 12.4. The second kappa shape index (κ2) is 7.32. The van der Waals surface area contributed by atoms with E-state index >= 15 is 0 Å². The molecule has 0 N–H and O–H groups in total. The minimum atomic E-state index is -3.51. The summed E-state index contributed by atoms with van der Waals surface area (Å²) in [6, 6.07) is 13.7. The molecule has 0 aliphatic rings. The fourth-order valence-electron chi connectivity index (χ4n) is 2.39. The van der Waals surface area contributed by atoms with Gasteiger partial charge >= 0.3 is 0 Å². The molecule has 7 heteroatoms. The Morgan fingerprint density at radius 3 is 2.35 bits per heavy atom. The van der Waals surface area contributed by atoms with E-state index in [-0.39, 0.29) is 10.7 Å². The molecule has 3 aromatic rings. The number of benzene rings is 2. The molecule has 0 amide bonds. The van der Waals surface area contributed by atoms with Gasteiger partial charge in [-0.3, -0.25) is 4.79 Å². The number of ketones is 1. The molecule has 2 aromatic carbocycles. The van der Waals surface area contributed by atoms with Gasteiger partial charge in [-0.25, -0.2) is 12.7 Å². The fourth-order valence-corrected chi connectivity index (χ4v) is 4.69. The lowest BCUT2D eigenvalue weighted by atomic mass is 10.1. The average molecular weight is 406 g/mol. The highest BCUT2D eigenvalue weighted by molar-refractivity contribution is 7.89. The van der Waals surface area contributed by atoms with E-state index in [0.717, 1.165) is 19.3 Å². The summed E-state index contributed by atoms with van der Waals surface area (Å²) in [4.78, 5) is 13.3. The zero-order chi connectivity index (χ0) is 18.9. The Bertz CT molecular complexity index is 1100. The standard InChI is InChI=1S/C19H16ClNO3S2/c1-21(2)26(23,24)14-9-7-13(8-10-14)16(22)11-12-18-19(20)15-5-3-4-6-17(15)25-18/h3-12H,1-2H3/b12-11+. The summed E-state index contributed by atoms with van der Waals surface area (Å²) < 4.78 is 26.3. The minimum absolute atomic E-state index is 0.149. The van der Waals surface area contributed by atoms with Crippen LogP contribution in [0, 0.1) is 0 Å². The number of halogens is 1. The van der Waals surface area contributed by atoms with Crippen LogP contribution in [0.25, 0.3) is 16.2 Å². The number of hydrogen-bond donors (Lipinski definition) is 0. The van der Waals surface area contributed by atoms with E-state index < -0.39 is 10.0 Å². The number of allylic oxidation sites excluding steroid dienone is 1. The van der Waals surface area contributed by atoms with Crippen LogP contribution in [-0.4, -0.2) is 32.6 Å². The van der Waals surface area contributed by atoms with Crippen LogP contribution in [0.1, 0.15) is 15.2 Å². The minimum Gasteiger partial charge on any atom is -0.289 e. The summed E-state index contributed by atoms with van der Waals surface area (Å²) in [7, 11) is -0.579. The third-order valence-electron chi connectivity index (χ3n) is 3.86. The van der Waals surface area contributed by atoms with Crippen LogP contribution in [0.15, 0.2) is 59.5 Å². The molecule has 0 radical (unpaired) electrons. The predicted octanol–water partition coefficient (Wildman–Crippen LogP) is 4.70. The molecule has 0 bridgehead atoms. The van der Waals surface area contributed by atoms with Crippen LogP contribution in [-0.2, 0) is 10.0 Å². The monoisotopic (exact) mass is 405 g/mol. The molecule has 4 nitrogen and oxygen atoms in total. The van der Waals surface area contributed by atoms with Gasteiger partial charge < -0.3 is 0 Å². The molecule has 0 saturated carbocycles. The lowest BCUT2D eigenvalue weighted by molar-refractivity contribution is 0.104. The lowest BCUT2D eigenvalue weighted by Gasteiger charge is -2.11. The zero-order valence-electron chi connectivity index (χ0n) is 14.1. The zero-order valence-corrected chi connectivity index (χ0v) is 16.5. The van der Waals surface area contributed by atoms with Crippen molar-refractivity contribution in [2.45, 2.75) is 4.90 Å². The van der Waals surface area contributed by atoms with Gasteiger partial charge in [0.05, 0.1) is 9.92 Å². The van der Waals surface area contributed by atoms with Crippen molar-refractivity contribution in [3.8, 4) is 0 Å². The number of hydrogen-bond acceptors (Lipinski definition) is 4. The summed E-state index contributed by atoms with van der Waals surface area (Å²) in [5, 5.41) is 1.59. The van der Waals surface area contributed by atoms with Gasteiger partial charge in [-0.2, -0.15) is 0 Å². The van der Waals surface area contributed by atoms with Crippen molar-refractivity contribution in [2.75, 3.05) is 14.1 Å². The van der Waals surface area contributed by atoms with Gasteiger partial charge in [0, 0.05) is 34.6 Å². The van der Waals surface area contributed by atoms with E-state index in [0.29, 0.717) is 10.6 Å². The number of thiophene rings is 1. The molecule has 0 unspecified atom stereocenters. The number of nitrogens with zero attached hydrogens (tertiary/aromatic N) is 1. The highest BCUT2D eigenvalue weighted by Crippen LogP contribution is 2.35. The quantitative estimate of drug-likeness (QED) is 0.456. The summed E-state index contributed by atoms with van der Waals surface area (Å²) in [6.45, 7) is 0. The van der Waals surface area contributed by atoms with Crippen molar-refractivity contribution in [2.24, 2.45) is 0 Å². The fraction of sp³-hybridized carbons (Fsp3) is 0.105. The van der Waals surface area contributed by atoms with Crippen molar-refractivity contribution in [3.05, 3.63) is 70.1 Å². The molecule has 0 spiro atoms. The topological polar surface area (TPSA) is 54.5 Å². The van der Waals surface area contributed by atoms with Gasteiger partial charge in [-0.05, 0) is 42.5 Å². The van der Waals surface area contributed by atoms with Crippen molar-refractivity contribution >= 4 is 54.9 Å². The second-order valence-corrected chi connectivity index (χ2v) is 9.40. The van der Waals surface area contributed by atoms with Gasteiger partial charge in [0.25, 0.3) is 0 Å². The van der Waals surface area contributed by atoms with Crippen molar-refractivity contribution in [1.82, 2.24) is 4.31 Å². The molecular formula is C19H16ClNO3S2. The molecule has 26 heavy (non-hydrogen) atoms. The van der Waals surface area contributed by atoms with E-state index in [4.69, 9.17) is 11.6 Å². The molecule has 3 rings (SSSR count). The van der Waals surface area contributed by atoms with Gasteiger partial charge in [0.15, 0.2) is 5.78 Å². The van der Waals surface area contributed by atoms with E-state index in [1.54, 1.807) is 6.08 Å². The van der Waals surface area contributed by atoms with Crippen LogP contribution in [0.2, 0.25) is 5.02 Å².